The van der Waals surface area contributed by atoms with Crippen LogP contribution in [0.1, 0.15) is 47.2 Å². The predicted molar refractivity (Wildman–Crippen MR) is 111 cm³/mol. The first-order valence-corrected chi connectivity index (χ1v) is 10.3. The van der Waals surface area contributed by atoms with E-state index in [1.807, 2.05) is 6.07 Å². The van der Waals surface area contributed by atoms with Crippen LogP contribution in [0.25, 0.3) is 11.5 Å². The summed E-state index contributed by atoms with van der Waals surface area (Å²) in [7, 11) is 0. The second-order valence-electron chi connectivity index (χ2n) is 7.75. The molecule has 2 aromatic carbocycles. The number of carboxylic acids is 1. The number of halogens is 1. The van der Waals surface area contributed by atoms with Crippen LogP contribution in [0.3, 0.4) is 0 Å². The Morgan fingerprint density at radius 1 is 1.19 bits per heavy atom. The highest BCUT2D eigenvalue weighted by Crippen LogP contribution is 2.28. The van der Waals surface area contributed by atoms with Crippen LogP contribution in [0, 0.1) is 12.7 Å². The average molecular weight is 425 g/mol. The number of hydrogen-bond donors (Lipinski definition) is 1. The highest BCUT2D eigenvalue weighted by molar-refractivity contribution is 5.91. The van der Waals surface area contributed by atoms with Crippen molar-refractivity contribution in [1.82, 2.24) is 4.98 Å². The Balaban J connectivity index is 1.35. The van der Waals surface area contributed by atoms with E-state index in [-0.39, 0.29) is 24.6 Å². The third-order valence-corrected chi connectivity index (χ3v) is 5.49. The Morgan fingerprint density at radius 2 is 1.97 bits per heavy atom. The Bertz CT molecular complexity index is 1050. The fourth-order valence-corrected chi connectivity index (χ4v) is 3.93. The molecular weight excluding hydrogens is 401 g/mol. The zero-order valence-electron chi connectivity index (χ0n) is 17.2. The minimum atomic E-state index is -0.940. The molecule has 4 rings (SSSR count). The molecule has 1 aliphatic rings. The average Bonchev–Trinajstić information content (AvgIpc) is 3.21. The summed E-state index contributed by atoms with van der Waals surface area (Å²) < 4.78 is 30.6. The zero-order chi connectivity index (χ0) is 21.8. The van der Waals surface area contributed by atoms with Gasteiger partial charge in [0.1, 0.15) is 11.9 Å². The lowest BCUT2D eigenvalue weighted by Gasteiger charge is -2.29. The SMILES string of the molecule is Cc1cccc(CO[C@@H]2CCC[C@@H](Oc3coc(-c4ccc(F)cc4)n3)C2)c1C(=O)O. The Hall–Kier alpha value is -3.19. The van der Waals surface area contributed by atoms with Gasteiger partial charge in [-0.25, -0.2) is 9.18 Å². The second kappa shape index (κ2) is 9.31. The summed E-state index contributed by atoms with van der Waals surface area (Å²) in [5.74, 6) is -0.498. The quantitative estimate of drug-likeness (QED) is 0.546. The van der Waals surface area contributed by atoms with Crippen LogP contribution in [0.4, 0.5) is 4.39 Å². The molecule has 1 saturated carbocycles. The molecule has 0 aliphatic heterocycles. The molecular formula is C24H24FNO5. The van der Waals surface area contributed by atoms with Gasteiger partial charge in [-0.15, -0.1) is 0 Å². The lowest BCUT2D eigenvalue weighted by atomic mass is 9.94. The maximum Gasteiger partial charge on any atom is 0.336 e. The van der Waals surface area contributed by atoms with Gasteiger partial charge in [-0.05, 0) is 61.6 Å². The zero-order valence-corrected chi connectivity index (χ0v) is 17.2. The van der Waals surface area contributed by atoms with Crippen LogP contribution < -0.4 is 4.74 Å². The molecule has 0 radical (unpaired) electrons. The van der Waals surface area contributed by atoms with Crippen molar-refractivity contribution >= 4 is 5.97 Å². The fourth-order valence-electron chi connectivity index (χ4n) is 3.93. The standard InChI is InChI=1S/C24H24FNO5/c1-15-4-2-5-17(22(15)24(27)28)13-29-19-6-3-7-20(12-19)31-21-14-30-23(26-21)16-8-10-18(25)11-9-16/h2,4-5,8-11,14,19-20H,3,6-7,12-13H2,1H3,(H,27,28)/t19-,20-/m1/s1. The first-order valence-electron chi connectivity index (χ1n) is 10.3. The summed E-state index contributed by atoms with van der Waals surface area (Å²) in [6, 6.07) is 11.3. The molecule has 0 amide bonds. The van der Waals surface area contributed by atoms with Crippen molar-refractivity contribution in [3.63, 3.8) is 0 Å². The fraction of sp³-hybridized carbons (Fsp3) is 0.333. The van der Waals surface area contributed by atoms with Gasteiger partial charge in [0.2, 0.25) is 5.89 Å². The maximum atomic E-state index is 13.1. The summed E-state index contributed by atoms with van der Waals surface area (Å²) in [4.78, 5) is 15.9. The number of aromatic nitrogens is 1. The van der Waals surface area contributed by atoms with Gasteiger partial charge in [-0.2, -0.15) is 4.98 Å². The van der Waals surface area contributed by atoms with E-state index >= 15 is 0 Å². The molecule has 7 heteroatoms. The van der Waals surface area contributed by atoms with Crippen molar-refractivity contribution < 1.29 is 28.2 Å². The van der Waals surface area contributed by atoms with Crippen LogP contribution >= 0.6 is 0 Å². The molecule has 6 nitrogen and oxygen atoms in total. The van der Waals surface area contributed by atoms with Gasteiger partial charge in [0.25, 0.3) is 5.88 Å². The van der Waals surface area contributed by atoms with Crippen LogP contribution in [-0.2, 0) is 11.3 Å². The minimum Gasteiger partial charge on any atom is -0.478 e. The molecule has 1 heterocycles. The third kappa shape index (κ3) is 5.11. The number of carboxylic acid groups (broad SMARTS) is 1. The summed E-state index contributed by atoms with van der Waals surface area (Å²) >= 11 is 0. The Kier molecular flexibility index (Phi) is 6.32. The van der Waals surface area contributed by atoms with E-state index in [1.165, 1.54) is 18.4 Å². The molecule has 3 aromatic rings. The van der Waals surface area contributed by atoms with Crippen molar-refractivity contribution in [2.24, 2.45) is 0 Å². The van der Waals surface area contributed by atoms with Gasteiger partial charge in [0.15, 0.2) is 6.26 Å². The summed E-state index contributed by atoms with van der Waals surface area (Å²) in [6.07, 6.45) is 4.77. The number of carbonyl (C=O) groups is 1. The van der Waals surface area contributed by atoms with Crippen molar-refractivity contribution in [2.75, 3.05) is 0 Å². The first kappa shape index (κ1) is 21.1. The van der Waals surface area contributed by atoms with Crippen LogP contribution in [-0.4, -0.2) is 28.3 Å². The van der Waals surface area contributed by atoms with Gasteiger partial charge < -0.3 is 19.0 Å². The van der Waals surface area contributed by atoms with Gasteiger partial charge in [-0.1, -0.05) is 18.2 Å². The number of oxazole rings is 1. The highest BCUT2D eigenvalue weighted by atomic mass is 19.1. The Morgan fingerprint density at radius 3 is 2.74 bits per heavy atom. The molecule has 2 atom stereocenters. The summed E-state index contributed by atoms with van der Waals surface area (Å²) in [6.45, 7) is 2.04. The van der Waals surface area contributed by atoms with E-state index in [4.69, 9.17) is 13.9 Å². The lowest BCUT2D eigenvalue weighted by Crippen LogP contribution is -2.30. The first-order chi connectivity index (χ1) is 15.0. The number of aryl methyl sites for hydroxylation is 1. The lowest BCUT2D eigenvalue weighted by molar-refractivity contribution is -0.0175. The van der Waals surface area contributed by atoms with Crippen molar-refractivity contribution in [3.05, 3.63) is 71.2 Å². The number of rotatable bonds is 7. The molecule has 0 spiro atoms. The number of nitrogens with zero attached hydrogens (tertiary/aromatic N) is 1. The maximum absolute atomic E-state index is 13.1. The van der Waals surface area contributed by atoms with Gasteiger partial charge in [0.05, 0.1) is 18.3 Å². The largest absolute Gasteiger partial charge is 0.478 e. The van der Waals surface area contributed by atoms with E-state index < -0.39 is 5.97 Å². The molecule has 1 aliphatic carbocycles. The molecule has 0 saturated heterocycles. The Labute approximate surface area is 179 Å². The van der Waals surface area contributed by atoms with E-state index in [0.717, 1.165) is 24.8 Å². The number of benzene rings is 2. The monoisotopic (exact) mass is 425 g/mol. The van der Waals surface area contributed by atoms with Gasteiger partial charge >= 0.3 is 5.97 Å². The molecule has 162 valence electrons. The van der Waals surface area contributed by atoms with E-state index in [1.54, 1.807) is 31.2 Å². The van der Waals surface area contributed by atoms with Crippen molar-refractivity contribution in [2.45, 2.75) is 51.4 Å². The normalized spacial score (nSPS) is 18.6. The van der Waals surface area contributed by atoms with Crippen LogP contribution in [0.5, 0.6) is 5.88 Å². The van der Waals surface area contributed by atoms with Crippen LogP contribution in [0.15, 0.2) is 53.1 Å². The minimum absolute atomic E-state index is 0.0237. The van der Waals surface area contributed by atoms with Gasteiger partial charge in [0, 0.05) is 12.0 Å². The van der Waals surface area contributed by atoms with E-state index in [2.05, 4.69) is 4.98 Å². The number of ether oxygens (including phenoxy) is 2. The number of aromatic carboxylic acids is 1. The molecule has 1 N–H and O–H groups in total. The molecule has 31 heavy (non-hydrogen) atoms. The number of hydrogen-bond acceptors (Lipinski definition) is 5. The van der Waals surface area contributed by atoms with Crippen LogP contribution in [0.2, 0.25) is 0 Å². The highest BCUT2D eigenvalue weighted by Gasteiger charge is 2.25. The van der Waals surface area contributed by atoms with E-state index in [0.29, 0.717) is 34.9 Å². The van der Waals surface area contributed by atoms with Gasteiger partial charge in [-0.3, -0.25) is 0 Å². The molecule has 0 unspecified atom stereocenters. The smallest absolute Gasteiger partial charge is 0.336 e. The van der Waals surface area contributed by atoms with Crippen molar-refractivity contribution in [1.29, 1.82) is 0 Å². The van der Waals surface area contributed by atoms with Crippen molar-refractivity contribution in [3.8, 4) is 17.3 Å². The second-order valence-corrected chi connectivity index (χ2v) is 7.75. The van der Waals surface area contributed by atoms with E-state index in [9.17, 15) is 14.3 Å². The molecule has 0 bridgehead atoms. The topological polar surface area (TPSA) is 81.8 Å². The summed E-state index contributed by atoms with van der Waals surface area (Å²) in [5, 5.41) is 9.48. The predicted octanol–water partition coefficient (Wildman–Crippen LogP) is 5.39. The summed E-state index contributed by atoms with van der Waals surface area (Å²) in [5.41, 5.74) is 2.38. The molecule has 1 fully saturated rings. The third-order valence-electron chi connectivity index (χ3n) is 5.49. The molecule has 1 aromatic heterocycles.